The standard InChI is InChI=1S/C14H10F2N2O3/c15-8-1-2-12(16)11(5-8)14(20)21-13(19)7-3-9(17)6-10(18)4-7/h1-6H,17-18H2. The minimum absolute atomic E-state index is 0.0716. The fourth-order valence-electron chi connectivity index (χ4n) is 1.65. The summed E-state index contributed by atoms with van der Waals surface area (Å²) in [6, 6.07) is 6.13. The quantitative estimate of drug-likeness (QED) is 0.502. The van der Waals surface area contributed by atoms with Gasteiger partial charge in [-0.1, -0.05) is 0 Å². The molecule has 4 N–H and O–H groups in total. The Morgan fingerprint density at radius 1 is 0.905 bits per heavy atom. The summed E-state index contributed by atoms with van der Waals surface area (Å²) in [7, 11) is 0. The van der Waals surface area contributed by atoms with Crippen LogP contribution in [0.15, 0.2) is 36.4 Å². The van der Waals surface area contributed by atoms with Crippen LogP contribution >= 0.6 is 0 Å². The van der Waals surface area contributed by atoms with Gasteiger partial charge in [-0.25, -0.2) is 18.4 Å². The van der Waals surface area contributed by atoms with Crippen molar-refractivity contribution in [2.24, 2.45) is 0 Å². The van der Waals surface area contributed by atoms with Crippen LogP contribution in [0, 0.1) is 11.6 Å². The van der Waals surface area contributed by atoms with Crippen LogP contribution in [0.5, 0.6) is 0 Å². The number of ether oxygens (including phenoxy) is 1. The van der Waals surface area contributed by atoms with Crippen molar-refractivity contribution < 1.29 is 23.1 Å². The van der Waals surface area contributed by atoms with Gasteiger partial charge in [0.2, 0.25) is 0 Å². The highest BCUT2D eigenvalue weighted by molar-refractivity contribution is 6.03. The minimum Gasteiger partial charge on any atom is -0.399 e. The average molecular weight is 292 g/mol. The molecule has 0 saturated heterocycles. The molecule has 0 unspecified atom stereocenters. The second kappa shape index (κ2) is 5.58. The monoisotopic (exact) mass is 292 g/mol. The number of nitrogens with two attached hydrogens (primary N) is 2. The molecule has 108 valence electrons. The molecule has 0 saturated carbocycles. The molecule has 0 spiro atoms. The van der Waals surface area contributed by atoms with E-state index >= 15 is 0 Å². The summed E-state index contributed by atoms with van der Waals surface area (Å²) in [5.74, 6) is -4.20. The molecule has 0 aromatic heterocycles. The Hall–Kier alpha value is -2.96. The normalized spacial score (nSPS) is 10.2. The second-order valence-electron chi connectivity index (χ2n) is 4.19. The molecule has 2 rings (SSSR count). The van der Waals surface area contributed by atoms with Crippen molar-refractivity contribution in [3.05, 3.63) is 59.2 Å². The molecule has 0 amide bonds. The third-order valence-electron chi connectivity index (χ3n) is 2.55. The minimum atomic E-state index is -1.31. The predicted octanol–water partition coefficient (Wildman–Crippen LogP) is 2.13. The molecule has 0 heterocycles. The van der Waals surface area contributed by atoms with Gasteiger partial charge in [0.05, 0.1) is 11.1 Å². The van der Waals surface area contributed by atoms with Crippen molar-refractivity contribution in [1.29, 1.82) is 0 Å². The van der Waals surface area contributed by atoms with E-state index < -0.39 is 29.1 Å². The Morgan fingerprint density at radius 2 is 1.52 bits per heavy atom. The summed E-state index contributed by atoms with van der Waals surface area (Å²) in [4.78, 5) is 23.4. The maximum Gasteiger partial charge on any atom is 0.349 e. The van der Waals surface area contributed by atoms with Crippen molar-refractivity contribution in [3.8, 4) is 0 Å². The predicted molar refractivity (Wildman–Crippen MR) is 71.4 cm³/mol. The lowest BCUT2D eigenvalue weighted by Gasteiger charge is -2.06. The van der Waals surface area contributed by atoms with E-state index in [-0.39, 0.29) is 16.9 Å². The van der Waals surface area contributed by atoms with Crippen LogP contribution in [-0.4, -0.2) is 11.9 Å². The molecule has 0 atom stereocenters. The van der Waals surface area contributed by atoms with Crippen molar-refractivity contribution in [2.45, 2.75) is 0 Å². The summed E-state index contributed by atoms with van der Waals surface area (Å²) in [6.45, 7) is 0. The molecule has 0 aliphatic carbocycles. The highest BCUT2D eigenvalue weighted by Gasteiger charge is 2.19. The fraction of sp³-hybridized carbons (Fsp3) is 0. The number of carbonyl (C=O) groups is 2. The molecule has 2 aromatic carbocycles. The Morgan fingerprint density at radius 3 is 2.14 bits per heavy atom. The van der Waals surface area contributed by atoms with Gasteiger partial charge in [-0.15, -0.1) is 0 Å². The van der Waals surface area contributed by atoms with Gasteiger partial charge in [-0.2, -0.15) is 0 Å². The van der Waals surface area contributed by atoms with Crippen LogP contribution in [0.2, 0.25) is 0 Å². The van der Waals surface area contributed by atoms with Crippen molar-refractivity contribution >= 4 is 23.3 Å². The van der Waals surface area contributed by atoms with E-state index in [1.54, 1.807) is 0 Å². The van der Waals surface area contributed by atoms with Crippen molar-refractivity contribution in [3.63, 3.8) is 0 Å². The number of carbonyl (C=O) groups excluding carboxylic acids is 2. The van der Waals surface area contributed by atoms with Crippen molar-refractivity contribution in [2.75, 3.05) is 11.5 Å². The zero-order valence-electron chi connectivity index (χ0n) is 10.6. The van der Waals surface area contributed by atoms with Gasteiger partial charge < -0.3 is 16.2 Å². The molecular weight excluding hydrogens is 282 g/mol. The zero-order valence-corrected chi connectivity index (χ0v) is 10.6. The lowest BCUT2D eigenvalue weighted by atomic mass is 10.1. The Kier molecular flexibility index (Phi) is 3.84. The largest absolute Gasteiger partial charge is 0.399 e. The van der Waals surface area contributed by atoms with Crippen molar-refractivity contribution in [1.82, 2.24) is 0 Å². The van der Waals surface area contributed by atoms with Crippen LogP contribution in [0.1, 0.15) is 20.7 Å². The van der Waals surface area contributed by atoms with Gasteiger partial charge in [0.1, 0.15) is 11.6 Å². The number of anilines is 2. The fourth-order valence-corrected chi connectivity index (χ4v) is 1.65. The molecule has 7 heteroatoms. The summed E-state index contributed by atoms with van der Waals surface area (Å²) in [5.41, 5.74) is 10.7. The van der Waals surface area contributed by atoms with E-state index in [1.807, 2.05) is 0 Å². The Balaban J connectivity index is 2.23. The molecular formula is C14H10F2N2O3. The van der Waals surface area contributed by atoms with Crippen LogP contribution in [0.3, 0.4) is 0 Å². The third kappa shape index (κ3) is 3.33. The molecule has 5 nitrogen and oxygen atoms in total. The van der Waals surface area contributed by atoms with Gasteiger partial charge in [-0.3, -0.25) is 0 Å². The average Bonchev–Trinajstić information content (AvgIpc) is 2.40. The van der Waals surface area contributed by atoms with E-state index in [4.69, 9.17) is 11.5 Å². The van der Waals surface area contributed by atoms with E-state index in [9.17, 15) is 18.4 Å². The summed E-state index contributed by atoms with van der Waals surface area (Å²) in [6.07, 6.45) is 0. The maximum absolute atomic E-state index is 13.4. The van der Waals surface area contributed by atoms with Gasteiger partial charge in [0.25, 0.3) is 0 Å². The summed E-state index contributed by atoms with van der Waals surface area (Å²) < 4.78 is 30.8. The smallest absolute Gasteiger partial charge is 0.349 e. The molecule has 2 aromatic rings. The van der Waals surface area contributed by atoms with Gasteiger partial charge >= 0.3 is 11.9 Å². The first-order valence-electron chi connectivity index (χ1n) is 5.74. The van der Waals surface area contributed by atoms with Crippen LogP contribution < -0.4 is 11.5 Å². The van der Waals surface area contributed by atoms with Gasteiger partial charge in [0.15, 0.2) is 0 Å². The Bertz CT molecular complexity index is 712. The first-order valence-corrected chi connectivity index (χ1v) is 5.74. The number of nitrogen functional groups attached to an aromatic ring is 2. The number of esters is 2. The number of hydrogen-bond acceptors (Lipinski definition) is 5. The van der Waals surface area contributed by atoms with Crippen LogP contribution in [0.25, 0.3) is 0 Å². The topological polar surface area (TPSA) is 95.4 Å². The highest BCUT2D eigenvalue weighted by Crippen LogP contribution is 2.16. The van der Waals surface area contributed by atoms with E-state index in [1.165, 1.54) is 18.2 Å². The number of rotatable bonds is 2. The maximum atomic E-state index is 13.4. The molecule has 0 bridgehead atoms. The first-order chi connectivity index (χ1) is 9.86. The van der Waals surface area contributed by atoms with Gasteiger partial charge in [-0.05, 0) is 36.4 Å². The number of hydrogen-bond donors (Lipinski definition) is 2. The Labute approximate surface area is 118 Å². The lowest BCUT2D eigenvalue weighted by Crippen LogP contribution is -2.15. The second-order valence-corrected chi connectivity index (χ2v) is 4.19. The SMILES string of the molecule is Nc1cc(N)cc(C(=O)OC(=O)c2cc(F)ccc2F)c1. The summed E-state index contributed by atoms with van der Waals surface area (Å²) in [5, 5.41) is 0. The molecule has 21 heavy (non-hydrogen) atoms. The molecule has 0 fully saturated rings. The third-order valence-corrected chi connectivity index (χ3v) is 2.55. The van der Waals surface area contributed by atoms with E-state index in [0.29, 0.717) is 6.07 Å². The van der Waals surface area contributed by atoms with E-state index in [0.717, 1.165) is 12.1 Å². The number of halogens is 2. The van der Waals surface area contributed by atoms with Gasteiger partial charge in [0, 0.05) is 11.4 Å². The molecule has 0 aliphatic rings. The van der Waals surface area contributed by atoms with Crippen LogP contribution in [-0.2, 0) is 4.74 Å². The zero-order chi connectivity index (χ0) is 15.6. The highest BCUT2D eigenvalue weighted by atomic mass is 19.1. The summed E-state index contributed by atoms with van der Waals surface area (Å²) >= 11 is 0. The molecule has 0 aliphatic heterocycles. The first kappa shape index (κ1) is 14.4. The molecule has 0 radical (unpaired) electrons. The lowest BCUT2D eigenvalue weighted by molar-refractivity contribution is 0.0394. The van der Waals surface area contributed by atoms with E-state index in [2.05, 4.69) is 4.74 Å². The number of benzene rings is 2. The van der Waals surface area contributed by atoms with Crippen LogP contribution in [0.4, 0.5) is 20.2 Å².